The lowest BCUT2D eigenvalue weighted by Gasteiger charge is -2.26. The fourth-order valence-corrected chi connectivity index (χ4v) is 5.73. The standard InChI is InChI=1S/C26H31N3O5S/c1-19-9-5-6-11-21(19)33-22-18-27-17-20-10-7-12-23(24(20)22)35(31,32)29-14-8-13-28(15-16-29)25(30)34-26(2,3)4/h5-7,9-12,17-18H,8,13-16H2,1-4H3. The number of pyridine rings is 1. The van der Waals surface area contributed by atoms with Gasteiger partial charge in [0.05, 0.1) is 11.1 Å². The zero-order valence-electron chi connectivity index (χ0n) is 20.5. The van der Waals surface area contributed by atoms with Crippen molar-refractivity contribution in [1.82, 2.24) is 14.2 Å². The van der Waals surface area contributed by atoms with Crippen molar-refractivity contribution in [1.29, 1.82) is 0 Å². The van der Waals surface area contributed by atoms with Crippen LogP contribution >= 0.6 is 0 Å². The molecule has 0 N–H and O–H groups in total. The lowest BCUT2D eigenvalue weighted by atomic mass is 10.1. The molecule has 1 aromatic heterocycles. The van der Waals surface area contributed by atoms with Crippen molar-refractivity contribution in [2.75, 3.05) is 26.2 Å². The maximum Gasteiger partial charge on any atom is 0.410 e. The highest BCUT2D eigenvalue weighted by Gasteiger charge is 2.31. The van der Waals surface area contributed by atoms with Crippen LogP contribution in [0.4, 0.5) is 4.79 Å². The summed E-state index contributed by atoms with van der Waals surface area (Å²) in [5.41, 5.74) is 0.319. The monoisotopic (exact) mass is 497 g/mol. The summed E-state index contributed by atoms with van der Waals surface area (Å²) in [6, 6.07) is 12.7. The molecule has 4 rings (SSSR count). The second kappa shape index (κ2) is 9.83. The predicted molar refractivity (Wildman–Crippen MR) is 134 cm³/mol. The number of sulfonamides is 1. The number of nitrogens with zero attached hydrogens (tertiary/aromatic N) is 3. The Morgan fingerprint density at radius 2 is 1.71 bits per heavy atom. The SMILES string of the molecule is Cc1ccccc1Oc1cncc2cccc(S(=O)(=O)N3CCCN(C(=O)OC(C)(C)C)CC3)c12. The summed E-state index contributed by atoms with van der Waals surface area (Å²) in [6.07, 6.45) is 3.26. The number of carbonyl (C=O) groups excluding carboxylic acids is 1. The van der Waals surface area contributed by atoms with Crippen molar-refractivity contribution in [3.63, 3.8) is 0 Å². The molecule has 35 heavy (non-hydrogen) atoms. The van der Waals surface area contributed by atoms with Gasteiger partial charge >= 0.3 is 6.09 Å². The van der Waals surface area contributed by atoms with Gasteiger partial charge in [0.2, 0.25) is 10.0 Å². The molecular formula is C26H31N3O5S. The van der Waals surface area contributed by atoms with Gasteiger partial charge in [0.25, 0.3) is 0 Å². The largest absolute Gasteiger partial charge is 0.455 e. The molecule has 3 aromatic rings. The molecule has 1 aliphatic rings. The highest BCUT2D eigenvalue weighted by Crippen LogP contribution is 2.36. The lowest BCUT2D eigenvalue weighted by molar-refractivity contribution is 0.0260. The first-order valence-corrected chi connectivity index (χ1v) is 13.1. The predicted octanol–water partition coefficient (Wildman–Crippen LogP) is 4.97. The summed E-state index contributed by atoms with van der Waals surface area (Å²) < 4.78 is 40.8. The van der Waals surface area contributed by atoms with Gasteiger partial charge in [-0.1, -0.05) is 30.3 Å². The Balaban J connectivity index is 1.66. The molecule has 0 saturated carbocycles. The topological polar surface area (TPSA) is 89.0 Å². The van der Waals surface area contributed by atoms with Crippen LogP contribution in [0.1, 0.15) is 32.8 Å². The number of aryl methyl sites for hydroxylation is 1. The lowest BCUT2D eigenvalue weighted by Crippen LogP contribution is -2.40. The van der Waals surface area contributed by atoms with Gasteiger partial charge in [-0.05, 0) is 51.8 Å². The van der Waals surface area contributed by atoms with E-state index in [2.05, 4.69) is 4.98 Å². The molecule has 0 bridgehead atoms. The number of carbonyl (C=O) groups is 1. The Labute approximate surface area is 206 Å². The molecule has 0 aliphatic carbocycles. The van der Waals surface area contributed by atoms with Crippen molar-refractivity contribution in [2.24, 2.45) is 0 Å². The molecular weight excluding hydrogens is 466 g/mol. The minimum absolute atomic E-state index is 0.159. The van der Waals surface area contributed by atoms with Gasteiger partial charge in [0.1, 0.15) is 11.4 Å². The number of benzene rings is 2. The van der Waals surface area contributed by atoms with Gasteiger partial charge in [0.15, 0.2) is 5.75 Å². The number of hydrogen-bond acceptors (Lipinski definition) is 6. The molecule has 1 fully saturated rings. The van der Waals surface area contributed by atoms with E-state index in [0.717, 1.165) is 5.56 Å². The number of amides is 1. The van der Waals surface area contributed by atoms with Gasteiger partial charge < -0.3 is 14.4 Å². The van der Waals surface area contributed by atoms with E-state index in [0.29, 0.717) is 41.8 Å². The van der Waals surface area contributed by atoms with Crippen LogP contribution in [-0.2, 0) is 14.8 Å². The van der Waals surface area contributed by atoms with Crippen LogP contribution in [0.15, 0.2) is 59.8 Å². The number of para-hydroxylation sites is 1. The quantitative estimate of drug-likeness (QED) is 0.506. The third kappa shape index (κ3) is 5.57. The van der Waals surface area contributed by atoms with E-state index < -0.39 is 21.7 Å². The van der Waals surface area contributed by atoms with Gasteiger partial charge in [-0.2, -0.15) is 4.31 Å². The molecule has 0 atom stereocenters. The highest BCUT2D eigenvalue weighted by atomic mass is 32.2. The second-order valence-corrected chi connectivity index (χ2v) is 11.5. The zero-order valence-corrected chi connectivity index (χ0v) is 21.3. The second-order valence-electron chi connectivity index (χ2n) is 9.58. The Bertz CT molecular complexity index is 1330. The minimum Gasteiger partial charge on any atom is -0.455 e. The number of aromatic nitrogens is 1. The number of fused-ring (bicyclic) bond motifs is 1. The fourth-order valence-electron chi connectivity index (χ4n) is 4.03. The average Bonchev–Trinajstić information content (AvgIpc) is 3.06. The average molecular weight is 498 g/mol. The van der Waals surface area contributed by atoms with Crippen LogP contribution < -0.4 is 4.74 Å². The molecule has 0 spiro atoms. The summed E-state index contributed by atoms with van der Waals surface area (Å²) in [5, 5.41) is 1.15. The number of hydrogen-bond donors (Lipinski definition) is 0. The summed E-state index contributed by atoms with van der Waals surface area (Å²) in [4.78, 5) is 18.5. The molecule has 8 nitrogen and oxygen atoms in total. The van der Waals surface area contributed by atoms with Crippen LogP contribution in [0.5, 0.6) is 11.5 Å². The summed E-state index contributed by atoms with van der Waals surface area (Å²) in [7, 11) is -3.87. The van der Waals surface area contributed by atoms with Crippen molar-refractivity contribution < 1.29 is 22.7 Å². The number of ether oxygens (including phenoxy) is 2. The van der Waals surface area contributed by atoms with Crippen molar-refractivity contribution in [2.45, 2.75) is 44.6 Å². The van der Waals surface area contributed by atoms with E-state index in [1.165, 1.54) is 4.31 Å². The molecule has 9 heteroatoms. The third-order valence-electron chi connectivity index (χ3n) is 5.75. The first-order chi connectivity index (χ1) is 16.6. The van der Waals surface area contributed by atoms with Crippen molar-refractivity contribution in [3.8, 4) is 11.5 Å². The Morgan fingerprint density at radius 1 is 0.943 bits per heavy atom. The van der Waals surface area contributed by atoms with E-state index in [9.17, 15) is 13.2 Å². The van der Waals surface area contributed by atoms with E-state index in [1.807, 2.05) is 58.0 Å². The Hall–Kier alpha value is -3.17. The Kier molecular flexibility index (Phi) is 7.00. The van der Waals surface area contributed by atoms with Crippen LogP contribution in [-0.4, -0.2) is 60.5 Å². The highest BCUT2D eigenvalue weighted by molar-refractivity contribution is 7.89. The maximum atomic E-state index is 13.8. The molecule has 2 aromatic carbocycles. The first kappa shape index (κ1) is 24.9. The summed E-state index contributed by atoms with van der Waals surface area (Å²) in [5.74, 6) is 1.01. The first-order valence-electron chi connectivity index (χ1n) is 11.6. The molecule has 186 valence electrons. The van der Waals surface area contributed by atoms with E-state index in [-0.39, 0.29) is 18.0 Å². The van der Waals surface area contributed by atoms with E-state index >= 15 is 0 Å². The summed E-state index contributed by atoms with van der Waals surface area (Å²) in [6.45, 7) is 8.53. The molecule has 2 heterocycles. The normalized spacial score (nSPS) is 15.6. The number of rotatable bonds is 4. The fraction of sp³-hybridized carbons (Fsp3) is 0.385. The molecule has 1 aliphatic heterocycles. The van der Waals surface area contributed by atoms with Gasteiger partial charge in [-0.25, -0.2) is 13.2 Å². The van der Waals surface area contributed by atoms with Crippen molar-refractivity contribution in [3.05, 3.63) is 60.4 Å². The van der Waals surface area contributed by atoms with Crippen molar-refractivity contribution >= 4 is 26.9 Å². The molecule has 1 amide bonds. The van der Waals surface area contributed by atoms with E-state index in [1.54, 1.807) is 29.4 Å². The Morgan fingerprint density at radius 3 is 2.46 bits per heavy atom. The summed E-state index contributed by atoms with van der Waals surface area (Å²) >= 11 is 0. The van der Waals surface area contributed by atoms with Crippen LogP contribution in [0, 0.1) is 6.92 Å². The molecule has 0 radical (unpaired) electrons. The van der Waals surface area contributed by atoms with Gasteiger partial charge in [0, 0.05) is 43.1 Å². The van der Waals surface area contributed by atoms with Crippen LogP contribution in [0.25, 0.3) is 10.8 Å². The maximum absolute atomic E-state index is 13.8. The van der Waals surface area contributed by atoms with Crippen LogP contribution in [0.2, 0.25) is 0 Å². The van der Waals surface area contributed by atoms with Gasteiger partial charge in [-0.3, -0.25) is 4.98 Å². The third-order valence-corrected chi connectivity index (χ3v) is 7.69. The minimum atomic E-state index is -3.87. The van der Waals surface area contributed by atoms with Crippen LogP contribution in [0.3, 0.4) is 0 Å². The van der Waals surface area contributed by atoms with E-state index in [4.69, 9.17) is 9.47 Å². The smallest absolute Gasteiger partial charge is 0.410 e. The molecule has 0 unspecified atom stereocenters. The zero-order chi connectivity index (χ0) is 25.2. The van der Waals surface area contributed by atoms with Gasteiger partial charge in [-0.15, -0.1) is 0 Å². The molecule has 1 saturated heterocycles.